The molecule has 4 rings (SSSR count). The van der Waals surface area contributed by atoms with Crippen molar-refractivity contribution in [3.8, 4) is 11.4 Å². The molecule has 0 spiro atoms. The average molecular weight is 373 g/mol. The van der Waals surface area contributed by atoms with Gasteiger partial charge in [0.05, 0.1) is 22.5 Å². The molecule has 4 nitrogen and oxygen atoms in total. The van der Waals surface area contributed by atoms with E-state index in [0.717, 1.165) is 33.4 Å². The van der Waals surface area contributed by atoms with Crippen LogP contribution in [0.15, 0.2) is 66.9 Å². The standard InChI is InChI=1S/C23H20FN3O/c1-15-5-10-20-18(12-15)19(13-21(26-20)22-4-3-11-27(22)2)23(28)25-14-16-6-8-17(24)9-7-16/h3-13H,14H2,1-2H3,(H,25,28). The zero-order chi connectivity index (χ0) is 19.7. The second kappa shape index (κ2) is 7.27. The van der Waals surface area contributed by atoms with Crippen molar-refractivity contribution in [2.24, 2.45) is 7.05 Å². The summed E-state index contributed by atoms with van der Waals surface area (Å²) in [5.74, 6) is -0.476. The topological polar surface area (TPSA) is 46.9 Å². The predicted molar refractivity (Wildman–Crippen MR) is 108 cm³/mol. The van der Waals surface area contributed by atoms with Gasteiger partial charge in [0.15, 0.2) is 0 Å². The van der Waals surface area contributed by atoms with Gasteiger partial charge in [-0.2, -0.15) is 0 Å². The molecule has 0 saturated carbocycles. The van der Waals surface area contributed by atoms with E-state index in [1.165, 1.54) is 12.1 Å². The van der Waals surface area contributed by atoms with Gasteiger partial charge in [0.25, 0.3) is 5.91 Å². The number of pyridine rings is 1. The van der Waals surface area contributed by atoms with E-state index in [-0.39, 0.29) is 11.7 Å². The van der Waals surface area contributed by atoms with Gasteiger partial charge in [-0.15, -0.1) is 0 Å². The van der Waals surface area contributed by atoms with Crippen LogP contribution in [0.3, 0.4) is 0 Å². The van der Waals surface area contributed by atoms with Crippen LogP contribution < -0.4 is 5.32 Å². The maximum Gasteiger partial charge on any atom is 0.252 e. The summed E-state index contributed by atoms with van der Waals surface area (Å²) in [6, 6.07) is 17.8. The number of carbonyl (C=O) groups excluding carboxylic acids is 1. The molecule has 4 aromatic rings. The number of nitrogens with zero attached hydrogens (tertiary/aromatic N) is 2. The van der Waals surface area contributed by atoms with E-state index in [4.69, 9.17) is 4.98 Å². The lowest BCUT2D eigenvalue weighted by molar-refractivity contribution is 0.0952. The Balaban J connectivity index is 1.73. The quantitative estimate of drug-likeness (QED) is 0.567. The van der Waals surface area contributed by atoms with Gasteiger partial charge in [0.2, 0.25) is 0 Å². The Bertz CT molecular complexity index is 1160. The molecular weight excluding hydrogens is 353 g/mol. The van der Waals surface area contributed by atoms with Gasteiger partial charge in [-0.1, -0.05) is 23.8 Å². The zero-order valence-corrected chi connectivity index (χ0v) is 15.7. The molecule has 0 radical (unpaired) electrons. The van der Waals surface area contributed by atoms with Gasteiger partial charge in [-0.3, -0.25) is 4.79 Å². The van der Waals surface area contributed by atoms with E-state index < -0.39 is 0 Å². The molecule has 2 heterocycles. The van der Waals surface area contributed by atoms with E-state index in [1.807, 2.05) is 61.1 Å². The molecule has 1 N–H and O–H groups in total. The minimum atomic E-state index is -0.294. The van der Waals surface area contributed by atoms with Crippen LogP contribution in [-0.4, -0.2) is 15.5 Å². The molecular formula is C23H20FN3O. The summed E-state index contributed by atoms with van der Waals surface area (Å²) >= 11 is 0. The highest BCUT2D eigenvalue weighted by molar-refractivity contribution is 6.07. The maximum absolute atomic E-state index is 13.1. The minimum Gasteiger partial charge on any atom is -0.349 e. The second-order valence-electron chi connectivity index (χ2n) is 6.89. The summed E-state index contributed by atoms with van der Waals surface area (Å²) in [5.41, 5.74) is 4.94. The summed E-state index contributed by atoms with van der Waals surface area (Å²) in [6.45, 7) is 2.32. The third-order valence-corrected chi connectivity index (χ3v) is 4.78. The van der Waals surface area contributed by atoms with Gasteiger partial charge >= 0.3 is 0 Å². The van der Waals surface area contributed by atoms with E-state index in [1.54, 1.807) is 12.1 Å². The highest BCUT2D eigenvalue weighted by Gasteiger charge is 2.15. The van der Waals surface area contributed by atoms with Gasteiger partial charge in [0, 0.05) is 25.2 Å². The third kappa shape index (κ3) is 3.51. The fraction of sp³-hybridized carbons (Fsp3) is 0.130. The number of fused-ring (bicyclic) bond motifs is 1. The van der Waals surface area contributed by atoms with Gasteiger partial charge < -0.3 is 9.88 Å². The number of rotatable bonds is 4. The van der Waals surface area contributed by atoms with Gasteiger partial charge in [0.1, 0.15) is 5.82 Å². The molecule has 1 amide bonds. The van der Waals surface area contributed by atoms with Crippen LogP contribution in [0.5, 0.6) is 0 Å². The number of hydrogen-bond donors (Lipinski definition) is 1. The Hall–Kier alpha value is -3.47. The van der Waals surface area contributed by atoms with Crippen molar-refractivity contribution in [2.45, 2.75) is 13.5 Å². The zero-order valence-electron chi connectivity index (χ0n) is 15.7. The van der Waals surface area contributed by atoms with Crippen LogP contribution >= 0.6 is 0 Å². The summed E-state index contributed by atoms with van der Waals surface area (Å²) in [4.78, 5) is 17.7. The monoisotopic (exact) mass is 373 g/mol. The van der Waals surface area contributed by atoms with Crippen molar-refractivity contribution in [1.82, 2.24) is 14.9 Å². The lowest BCUT2D eigenvalue weighted by Crippen LogP contribution is -2.23. The molecule has 0 saturated heterocycles. The van der Waals surface area contributed by atoms with E-state index >= 15 is 0 Å². The van der Waals surface area contributed by atoms with Crippen molar-refractivity contribution in [3.05, 3.63) is 89.4 Å². The molecule has 5 heteroatoms. The summed E-state index contributed by atoms with van der Waals surface area (Å²) in [6.07, 6.45) is 1.95. The van der Waals surface area contributed by atoms with Crippen LogP contribution in [0.25, 0.3) is 22.3 Å². The normalized spacial score (nSPS) is 11.0. The molecule has 0 aliphatic rings. The lowest BCUT2D eigenvalue weighted by Gasteiger charge is -2.12. The molecule has 0 atom stereocenters. The van der Waals surface area contributed by atoms with Gasteiger partial charge in [-0.05, 0) is 55.0 Å². The number of hydrogen-bond acceptors (Lipinski definition) is 2. The first kappa shape index (κ1) is 17.9. The van der Waals surface area contributed by atoms with Crippen LogP contribution in [-0.2, 0) is 13.6 Å². The largest absolute Gasteiger partial charge is 0.349 e. The van der Waals surface area contributed by atoms with Crippen molar-refractivity contribution >= 4 is 16.8 Å². The number of halogens is 1. The van der Waals surface area contributed by atoms with Crippen molar-refractivity contribution < 1.29 is 9.18 Å². The van der Waals surface area contributed by atoms with Crippen LogP contribution in [0.4, 0.5) is 4.39 Å². The fourth-order valence-electron chi connectivity index (χ4n) is 3.27. The lowest BCUT2D eigenvalue weighted by atomic mass is 10.0. The predicted octanol–water partition coefficient (Wildman–Crippen LogP) is 4.62. The first-order chi connectivity index (χ1) is 13.5. The van der Waals surface area contributed by atoms with Crippen molar-refractivity contribution in [1.29, 1.82) is 0 Å². The third-order valence-electron chi connectivity index (χ3n) is 4.78. The summed E-state index contributed by atoms with van der Waals surface area (Å²) < 4.78 is 15.1. The minimum absolute atomic E-state index is 0.183. The summed E-state index contributed by atoms with van der Waals surface area (Å²) in [7, 11) is 1.95. The molecule has 2 aromatic carbocycles. The SMILES string of the molecule is Cc1ccc2nc(-c3cccn3C)cc(C(=O)NCc3ccc(F)cc3)c2c1. The van der Waals surface area contributed by atoms with Crippen LogP contribution in [0.1, 0.15) is 21.5 Å². The fourth-order valence-corrected chi connectivity index (χ4v) is 3.27. The Morgan fingerprint density at radius 2 is 1.89 bits per heavy atom. The molecule has 28 heavy (non-hydrogen) atoms. The Kier molecular flexibility index (Phi) is 4.65. The highest BCUT2D eigenvalue weighted by atomic mass is 19.1. The number of benzene rings is 2. The first-order valence-electron chi connectivity index (χ1n) is 9.07. The smallest absolute Gasteiger partial charge is 0.252 e. The number of aromatic nitrogens is 2. The molecule has 0 fully saturated rings. The Morgan fingerprint density at radius 3 is 2.61 bits per heavy atom. The van der Waals surface area contributed by atoms with Crippen LogP contribution in [0, 0.1) is 12.7 Å². The molecule has 0 aliphatic carbocycles. The number of carbonyl (C=O) groups is 1. The number of aryl methyl sites for hydroxylation is 2. The Labute approximate surface area is 162 Å². The van der Waals surface area contributed by atoms with Crippen molar-refractivity contribution in [2.75, 3.05) is 0 Å². The summed E-state index contributed by atoms with van der Waals surface area (Å²) in [5, 5.41) is 3.75. The average Bonchev–Trinajstić information content (AvgIpc) is 3.12. The maximum atomic E-state index is 13.1. The molecule has 2 aromatic heterocycles. The number of amides is 1. The second-order valence-corrected chi connectivity index (χ2v) is 6.89. The molecule has 0 aliphatic heterocycles. The molecule has 140 valence electrons. The molecule has 0 unspecified atom stereocenters. The number of nitrogens with one attached hydrogen (secondary N) is 1. The van der Waals surface area contributed by atoms with E-state index in [2.05, 4.69) is 5.32 Å². The highest BCUT2D eigenvalue weighted by Crippen LogP contribution is 2.26. The van der Waals surface area contributed by atoms with Crippen molar-refractivity contribution in [3.63, 3.8) is 0 Å². The van der Waals surface area contributed by atoms with Crippen LogP contribution in [0.2, 0.25) is 0 Å². The van der Waals surface area contributed by atoms with E-state index in [9.17, 15) is 9.18 Å². The van der Waals surface area contributed by atoms with E-state index in [0.29, 0.717) is 12.1 Å². The Morgan fingerprint density at radius 1 is 1.11 bits per heavy atom. The first-order valence-corrected chi connectivity index (χ1v) is 9.07. The molecule has 0 bridgehead atoms. The van der Waals surface area contributed by atoms with Gasteiger partial charge in [-0.25, -0.2) is 9.37 Å².